The van der Waals surface area contributed by atoms with E-state index in [9.17, 15) is 10.1 Å². The van der Waals surface area contributed by atoms with Gasteiger partial charge < -0.3 is 20.6 Å². The summed E-state index contributed by atoms with van der Waals surface area (Å²) in [5.41, 5.74) is 6.16. The minimum atomic E-state index is -0.620. The Labute approximate surface area is 80.9 Å². The number of nitrogens with zero attached hydrogens (tertiary/aromatic N) is 2. The predicted octanol–water partition coefficient (Wildman–Crippen LogP) is 1.28. The van der Waals surface area contributed by atoms with Gasteiger partial charge in [-0.15, -0.1) is 0 Å². The number of anilines is 1. The second-order valence-electron chi connectivity index (χ2n) is 2.70. The van der Waals surface area contributed by atoms with E-state index < -0.39 is 4.92 Å². The molecule has 2 N–H and O–H groups in total. The first-order valence-electron chi connectivity index (χ1n) is 4.10. The van der Waals surface area contributed by atoms with Crippen LogP contribution in [-0.4, -0.2) is 16.5 Å². The zero-order valence-electron chi connectivity index (χ0n) is 7.98. The standard InChI is InChI=1S/C8H11N3O3/c1-3-14-6-4-5(2)7(9)8(10-6)11(12)13/h4H,3,9H2,1-2H3. The van der Waals surface area contributed by atoms with Crippen LogP contribution in [0.2, 0.25) is 0 Å². The lowest BCUT2D eigenvalue weighted by atomic mass is 10.2. The van der Waals surface area contributed by atoms with E-state index in [4.69, 9.17) is 10.5 Å². The number of nitrogens with two attached hydrogens (primary N) is 1. The number of rotatable bonds is 3. The molecule has 0 aromatic carbocycles. The molecule has 6 heteroatoms. The van der Waals surface area contributed by atoms with Gasteiger partial charge in [-0.1, -0.05) is 0 Å². The van der Waals surface area contributed by atoms with Gasteiger partial charge in [-0.05, 0) is 24.3 Å². The quantitative estimate of drug-likeness (QED) is 0.582. The minimum absolute atomic E-state index is 0.0819. The van der Waals surface area contributed by atoms with Gasteiger partial charge in [0.05, 0.1) is 6.61 Å². The lowest BCUT2D eigenvalue weighted by Gasteiger charge is -2.03. The van der Waals surface area contributed by atoms with Gasteiger partial charge in [0.2, 0.25) is 0 Å². The van der Waals surface area contributed by atoms with Crippen molar-refractivity contribution < 1.29 is 9.66 Å². The second-order valence-corrected chi connectivity index (χ2v) is 2.70. The fourth-order valence-corrected chi connectivity index (χ4v) is 0.997. The van der Waals surface area contributed by atoms with Gasteiger partial charge in [-0.3, -0.25) is 0 Å². The van der Waals surface area contributed by atoms with E-state index in [1.807, 2.05) is 0 Å². The molecule has 0 aliphatic carbocycles. The molecule has 0 unspecified atom stereocenters. The first-order chi connectivity index (χ1) is 6.56. The Hall–Kier alpha value is -1.85. The summed E-state index contributed by atoms with van der Waals surface area (Å²) in [6.07, 6.45) is 0. The van der Waals surface area contributed by atoms with Gasteiger partial charge >= 0.3 is 11.7 Å². The van der Waals surface area contributed by atoms with Crippen molar-refractivity contribution in [3.05, 3.63) is 21.7 Å². The second kappa shape index (κ2) is 3.91. The summed E-state index contributed by atoms with van der Waals surface area (Å²) >= 11 is 0. The molecule has 0 amide bonds. The van der Waals surface area contributed by atoms with E-state index in [2.05, 4.69) is 4.98 Å². The van der Waals surface area contributed by atoms with Crippen LogP contribution in [0.15, 0.2) is 6.07 Å². The van der Waals surface area contributed by atoms with Gasteiger partial charge in [-0.2, -0.15) is 0 Å². The third-order valence-electron chi connectivity index (χ3n) is 1.69. The number of hydrogen-bond donors (Lipinski definition) is 1. The van der Waals surface area contributed by atoms with E-state index >= 15 is 0 Å². The molecular weight excluding hydrogens is 186 g/mol. The van der Waals surface area contributed by atoms with Crippen LogP contribution < -0.4 is 10.5 Å². The first kappa shape index (κ1) is 10.2. The van der Waals surface area contributed by atoms with Gasteiger partial charge in [0, 0.05) is 11.1 Å². The molecule has 1 rings (SSSR count). The molecule has 0 saturated heterocycles. The fourth-order valence-electron chi connectivity index (χ4n) is 0.997. The van der Waals surface area contributed by atoms with Gasteiger partial charge in [0.15, 0.2) is 0 Å². The van der Waals surface area contributed by atoms with Crippen molar-refractivity contribution in [3.8, 4) is 5.88 Å². The summed E-state index contributed by atoms with van der Waals surface area (Å²) in [5.74, 6) is -0.126. The Kier molecular flexibility index (Phi) is 2.85. The summed E-state index contributed by atoms with van der Waals surface area (Å²) in [4.78, 5) is 13.6. The number of aryl methyl sites for hydroxylation is 1. The van der Waals surface area contributed by atoms with Crippen LogP contribution in [0.25, 0.3) is 0 Å². The average Bonchev–Trinajstić information content (AvgIpc) is 2.11. The largest absolute Gasteiger partial charge is 0.460 e. The third kappa shape index (κ3) is 1.90. The van der Waals surface area contributed by atoms with Crippen LogP contribution in [0, 0.1) is 17.0 Å². The van der Waals surface area contributed by atoms with Crippen molar-refractivity contribution in [1.29, 1.82) is 0 Å². The molecule has 0 radical (unpaired) electrons. The third-order valence-corrected chi connectivity index (χ3v) is 1.69. The van der Waals surface area contributed by atoms with E-state index in [0.717, 1.165) is 0 Å². The molecule has 0 aliphatic heterocycles. The number of aromatic nitrogens is 1. The van der Waals surface area contributed by atoms with Gasteiger partial charge in [0.1, 0.15) is 5.69 Å². The maximum absolute atomic E-state index is 10.5. The summed E-state index contributed by atoms with van der Waals surface area (Å²) in [6, 6.07) is 1.58. The number of pyridine rings is 1. The van der Waals surface area contributed by atoms with Crippen molar-refractivity contribution in [1.82, 2.24) is 4.98 Å². The normalized spacial score (nSPS) is 9.86. The van der Waals surface area contributed by atoms with Crippen molar-refractivity contribution in [2.45, 2.75) is 13.8 Å². The summed E-state index contributed by atoms with van der Waals surface area (Å²) in [6.45, 7) is 3.86. The van der Waals surface area contributed by atoms with Gasteiger partial charge in [-0.25, -0.2) is 0 Å². The van der Waals surface area contributed by atoms with E-state index in [1.54, 1.807) is 19.9 Å². The van der Waals surface area contributed by atoms with E-state index in [-0.39, 0.29) is 17.4 Å². The Morgan fingerprint density at radius 1 is 1.71 bits per heavy atom. The lowest BCUT2D eigenvalue weighted by molar-refractivity contribution is -0.388. The minimum Gasteiger partial charge on any atom is -0.460 e. The number of nitro groups is 1. The van der Waals surface area contributed by atoms with Crippen LogP contribution in [0.1, 0.15) is 12.5 Å². The highest BCUT2D eigenvalue weighted by Gasteiger charge is 2.18. The molecule has 0 aliphatic rings. The van der Waals surface area contributed by atoms with Crippen molar-refractivity contribution in [2.24, 2.45) is 0 Å². The summed E-state index contributed by atoms with van der Waals surface area (Å²) < 4.78 is 5.06. The SMILES string of the molecule is CCOc1cc(C)c(N)c([N+](=O)[O-])n1. The van der Waals surface area contributed by atoms with Crippen molar-refractivity contribution in [2.75, 3.05) is 12.3 Å². The number of hydrogen-bond acceptors (Lipinski definition) is 5. The Balaban J connectivity index is 3.21. The fraction of sp³-hybridized carbons (Fsp3) is 0.375. The molecule has 1 aromatic rings. The van der Waals surface area contributed by atoms with Crippen LogP contribution in [0.5, 0.6) is 5.88 Å². The zero-order chi connectivity index (χ0) is 10.7. The molecule has 14 heavy (non-hydrogen) atoms. The smallest absolute Gasteiger partial charge is 0.390 e. The van der Waals surface area contributed by atoms with Crippen LogP contribution in [0.4, 0.5) is 11.5 Å². The molecular formula is C8H11N3O3. The molecule has 0 spiro atoms. The summed E-state index contributed by atoms with van der Waals surface area (Å²) in [7, 11) is 0. The lowest BCUT2D eigenvalue weighted by Crippen LogP contribution is -2.03. The predicted molar refractivity (Wildman–Crippen MR) is 51.2 cm³/mol. The summed E-state index contributed by atoms with van der Waals surface area (Å²) in [5, 5.41) is 10.5. The molecule has 76 valence electrons. The van der Waals surface area contributed by atoms with Crippen LogP contribution in [-0.2, 0) is 0 Å². The van der Waals surface area contributed by atoms with Crippen LogP contribution in [0.3, 0.4) is 0 Å². The molecule has 0 bridgehead atoms. The van der Waals surface area contributed by atoms with Crippen molar-refractivity contribution in [3.63, 3.8) is 0 Å². The monoisotopic (exact) mass is 197 g/mol. The zero-order valence-corrected chi connectivity index (χ0v) is 7.98. The van der Waals surface area contributed by atoms with E-state index in [1.165, 1.54) is 0 Å². The number of ether oxygens (including phenoxy) is 1. The van der Waals surface area contributed by atoms with Crippen molar-refractivity contribution >= 4 is 11.5 Å². The topological polar surface area (TPSA) is 91.3 Å². The Morgan fingerprint density at radius 3 is 2.86 bits per heavy atom. The Bertz CT molecular complexity index is 365. The molecule has 0 saturated carbocycles. The highest BCUT2D eigenvalue weighted by molar-refractivity contribution is 5.60. The maximum atomic E-state index is 10.5. The Morgan fingerprint density at radius 2 is 2.36 bits per heavy atom. The van der Waals surface area contributed by atoms with Gasteiger partial charge in [0.25, 0.3) is 0 Å². The highest BCUT2D eigenvalue weighted by Crippen LogP contribution is 2.26. The molecule has 0 fully saturated rings. The van der Waals surface area contributed by atoms with E-state index in [0.29, 0.717) is 12.2 Å². The highest BCUT2D eigenvalue weighted by atomic mass is 16.6. The molecule has 1 heterocycles. The average molecular weight is 197 g/mol. The maximum Gasteiger partial charge on any atom is 0.390 e. The number of nitrogen functional groups attached to an aromatic ring is 1. The first-order valence-corrected chi connectivity index (χ1v) is 4.10. The molecule has 6 nitrogen and oxygen atoms in total. The molecule has 1 aromatic heterocycles. The molecule has 0 atom stereocenters. The van der Waals surface area contributed by atoms with Crippen LogP contribution >= 0.6 is 0 Å².